The van der Waals surface area contributed by atoms with Gasteiger partial charge in [0.1, 0.15) is 18.2 Å². The Morgan fingerprint density at radius 2 is 1.88 bits per heavy atom. The van der Waals surface area contributed by atoms with Crippen LogP contribution in [0.4, 0.5) is 4.39 Å². The molecule has 0 aliphatic rings. The van der Waals surface area contributed by atoms with E-state index >= 15 is 0 Å². The summed E-state index contributed by atoms with van der Waals surface area (Å²) < 4.78 is 24.9. The number of aliphatic carboxylic acids is 1. The van der Waals surface area contributed by atoms with Crippen molar-refractivity contribution in [2.45, 2.75) is 38.7 Å². The molecule has 0 bridgehead atoms. The lowest BCUT2D eigenvalue weighted by Crippen LogP contribution is -2.26. The molecule has 2 N–H and O–H groups in total. The van der Waals surface area contributed by atoms with Crippen LogP contribution in [-0.4, -0.2) is 48.4 Å². The predicted octanol–water partition coefficient (Wildman–Crippen LogP) is 2.47. The standard InChI is InChI=1S/C25H29FO7/c1-15(2)21-14-22(32-3)25(33-11-10-27)24(16-4-6-17(26)7-5-16)20(21)9-8-18(28)12-19(29)13-23(30)31/h4-9,14-15,18,27-28H,10-13H2,1-3H3,(H,30,31)/p-1/b9-8+. The number of Topliss-reactive ketones (excluding diaryl/α,β-unsaturated/α-hetero) is 1. The van der Waals surface area contributed by atoms with Gasteiger partial charge in [-0.3, -0.25) is 4.79 Å². The Morgan fingerprint density at radius 1 is 1.21 bits per heavy atom. The summed E-state index contributed by atoms with van der Waals surface area (Å²) in [5.41, 5.74) is 2.67. The molecule has 2 rings (SSSR count). The SMILES string of the molecule is COc1cc(C(C)C)c(/C=C/C(O)CC(=O)CC(=O)[O-])c(-c2ccc(F)cc2)c1OCCO. The lowest BCUT2D eigenvalue weighted by atomic mass is 9.88. The third-order valence-electron chi connectivity index (χ3n) is 4.89. The highest BCUT2D eigenvalue weighted by Crippen LogP contribution is 2.45. The maximum absolute atomic E-state index is 13.6. The third-order valence-corrected chi connectivity index (χ3v) is 4.89. The Kier molecular flexibility index (Phi) is 9.57. The van der Waals surface area contributed by atoms with Crippen LogP contribution in [0.3, 0.4) is 0 Å². The first-order valence-corrected chi connectivity index (χ1v) is 10.5. The van der Waals surface area contributed by atoms with Gasteiger partial charge >= 0.3 is 0 Å². The van der Waals surface area contributed by atoms with Gasteiger partial charge in [-0.2, -0.15) is 0 Å². The van der Waals surface area contributed by atoms with E-state index in [-0.39, 0.29) is 25.6 Å². The Labute approximate surface area is 192 Å². The van der Waals surface area contributed by atoms with E-state index in [1.54, 1.807) is 24.3 Å². The molecular formula is C25H28FO7-. The fourth-order valence-electron chi connectivity index (χ4n) is 3.42. The van der Waals surface area contributed by atoms with Crippen LogP contribution in [0, 0.1) is 5.82 Å². The molecule has 7 nitrogen and oxygen atoms in total. The normalized spacial score (nSPS) is 12.2. The fourth-order valence-corrected chi connectivity index (χ4v) is 3.42. The van der Waals surface area contributed by atoms with E-state index in [0.29, 0.717) is 28.2 Å². The van der Waals surface area contributed by atoms with Crippen LogP contribution in [0.2, 0.25) is 0 Å². The summed E-state index contributed by atoms with van der Waals surface area (Å²) in [4.78, 5) is 22.3. The minimum Gasteiger partial charge on any atom is -0.550 e. The van der Waals surface area contributed by atoms with Gasteiger partial charge in [0.25, 0.3) is 0 Å². The number of carboxylic acids is 1. The van der Waals surface area contributed by atoms with Gasteiger partial charge in [0, 0.05) is 24.4 Å². The van der Waals surface area contributed by atoms with Crippen molar-refractivity contribution in [2.75, 3.05) is 20.3 Å². The largest absolute Gasteiger partial charge is 0.550 e. The van der Waals surface area contributed by atoms with Crippen molar-refractivity contribution < 1.29 is 38.8 Å². The number of carbonyl (C=O) groups excluding carboxylic acids is 2. The maximum atomic E-state index is 13.6. The van der Waals surface area contributed by atoms with Gasteiger partial charge < -0.3 is 29.6 Å². The molecule has 33 heavy (non-hydrogen) atoms. The molecule has 1 atom stereocenters. The van der Waals surface area contributed by atoms with Crippen LogP contribution in [-0.2, 0) is 9.59 Å². The summed E-state index contributed by atoms with van der Waals surface area (Å²) in [6.45, 7) is 3.70. The smallest absolute Gasteiger partial charge is 0.169 e. The van der Waals surface area contributed by atoms with Crippen LogP contribution in [0.25, 0.3) is 17.2 Å². The molecule has 0 saturated heterocycles. The van der Waals surface area contributed by atoms with Gasteiger partial charge in [0.05, 0.1) is 19.8 Å². The number of benzene rings is 2. The quantitative estimate of drug-likeness (QED) is 0.469. The molecule has 0 aliphatic carbocycles. The second-order valence-electron chi connectivity index (χ2n) is 7.74. The van der Waals surface area contributed by atoms with Gasteiger partial charge in [-0.15, -0.1) is 0 Å². The Balaban J connectivity index is 2.65. The van der Waals surface area contributed by atoms with Crippen molar-refractivity contribution in [3.8, 4) is 22.6 Å². The fraction of sp³-hybridized carbons (Fsp3) is 0.360. The second kappa shape index (κ2) is 12.1. The number of halogens is 1. The first-order valence-electron chi connectivity index (χ1n) is 10.5. The zero-order valence-corrected chi connectivity index (χ0v) is 18.8. The number of ketones is 1. The van der Waals surface area contributed by atoms with Crippen molar-refractivity contribution in [2.24, 2.45) is 0 Å². The molecule has 2 aromatic rings. The first kappa shape index (κ1) is 26.0. The molecule has 0 saturated carbocycles. The van der Waals surface area contributed by atoms with Crippen molar-refractivity contribution in [1.82, 2.24) is 0 Å². The third kappa shape index (κ3) is 7.13. The van der Waals surface area contributed by atoms with Gasteiger partial charge in [-0.05, 0) is 40.8 Å². The van der Waals surface area contributed by atoms with Crippen molar-refractivity contribution in [3.63, 3.8) is 0 Å². The number of rotatable bonds is 12. The lowest BCUT2D eigenvalue weighted by molar-refractivity contribution is -0.304. The van der Waals surface area contributed by atoms with Gasteiger partial charge in [-0.25, -0.2) is 4.39 Å². The van der Waals surface area contributed by atoms with Crippen LogP contribution >= 0.6 is 0 Å². The van der Waals surface area contributed by atoms with Gasteiger partial charge in [-0.1, -0.05) is 38.1 Å². The second-order valence-corrected chi connectivity index (χ2v) is 7.74. The van der Waals surface area contributed by atoms with E-state index in [1.807, 2.05) is 13.8 Å². The molecule has 0 fully saturated rings. The zero-order valence-electron chi connectivity index (χ0n) is 18.8. The monoisotopic (exact) mass is 459 g/mol. The number of ether oxygens (including phenoxy) is 2. The predicted molar refractivity (Wildman–Crippen MR) is 119 cm³/mol. The van der Waals surface area contributed by atoms with Gasteiger partial charge in [0.15, 0.2) is 11.5 Å². The highest BCUT2D eigenvalue weighted by molar-refractivity contribution is 5.94. The molecule has 0 amide bonds. The Bertz CT molecular complexity index is 997. The summed E-state index contributed by atoms with van der Waals surface area (Å²) >= 11 is 0. The number of hydrogen-bond donors (Lipinski definition) is 2. The van der Waals surface area contributed by atoms with Crippen LogP contribution < -0.4 is 14.6 Å². The molecule has 0 spiro atoms. The Morgan fingerprint density at radius 3 is 2.42 bits per heavy atom. The molecule has 1 unspecified atom stereocenters. The van der Waals surface area contributed by atoms with E-state index in [4.69, 9.17) is 9.47 Å². The number of aliphatic hydroxyl groups excluding tert-OH is 2. The van der Waals surface area contributed by atoms with Gasteiger partial charge in [0.2, 0.25) is 0 Å². The number of hydrogen-bond acceptors (Lipinski definition) is 7. The number of aliphatic hydroxyl groups is 2. The molecule has 0 radical (unpaired) electrons. The molecule has 2 aromatic carbocycles. The highest BCUT2D eigenvalue weighted by Gasteiger charge is 2.22. The van der Waals surface area contributed by atoms with Crippen molar-refractivity contribution >= 4 is 17.8 Å². The van der Waals surface area contributed by atoms with E-state index in [9.17, 15) is 29.3 Å². The minimum absolute atomic E-state index is 0.00488. The molecule has 178 valence electrons. The summed E-state index contributed by atoms with van der Waals surface area (Å²) in [5.74, 6) is -1.79. The number of carboxylic acid groups (broad SMARTS) is 1. The average Bonchev–Trinajstić information content (AvgIpc) is 2.75. The molecule has 0 aromatic heterocycles. The minimum atomic E-state index is -1.50. The maximum Gasteiger partial charge on any atom is 0.169 e. The summed E-state index contributed by atoms with van der Waals surface area (Å²) in [5, 5.41) is 30.2. The molecule has 0 heterocycles. The van der Waals surface area contributed by atoms with Crippen LogP contribution in [0.5, 0.6) is 11.5 Å². The van der Waals surface area contributed by atoms with E-state index in [0.717, 1.165) is 5.56 Å². The highest BCUT2D eigenvalue weighted by atomic mass is 19.1. The molecule has 0 aliphatic heterocycles. The summed E-state index contributed by atoms with van der Waals surface area (Å²) in [6.07, 6.45) is 0.643. The zero-order chi connectivity index (χ0) is 24.5. The average molecular weight is 459 g/mol. The van der Waals surface area contributed by atoms with E-state index in [1.165, 1.54) is 25.3 Å². The number of carbonyl (C=O) groups is 2. The first-order chi connectivity index (χ1) is 15.7. The Hall–Kier alpha value is -3.23. The van der Waals surface area contributed by atoms with Crippen molar-refractivity contribution in [1.29, 1.82) is 0 Å². The van der Waals surface area contributed by atoms with E-state index < -0.39 is 30.1 Å². The van der Waals surface area contributed by atoms with E-state index in [2.05, 4.69) is 0 Å². The topological polar surface area (TPSA) is 116 Å². The van der Waals surface area contributed by atoms with Crippen molar-refractivity contribution in [3.05, 3.63) is 53.4 Å². The molecular weight excluding hydrogens is 431 g/mol. The summed E-state index contributed by atoms with van der Waals surface area (Å²) in [6, 6.07) is 7.56. The molecule has 8 heteroatoms. The number of methoxy groups -OCH3 is 1. The van der Waals surface area contributed by atoms with Crippen LogP contribution in [0.1, 0.15) is 43.7 Å². The van der Waals surface area contributed by atoms with Crippen LogP contribution in [0.15, 0.2) is 36.4 Å². The lowest BCUT2D eigenvalue weighted by Gasteiger charge is -2.22. The summed E-state index contributed by atoms with van der Waals surface area (Å²) in [7, 11) is 1.49.